The molecule has 3 rings (SSSR count). The number of rotatable bonds is 6. The van der Waals surface area contributed by atoms with Gasteiger partial charge < -0.3 is 10.1 Å². The molecule has 0 spiro atoms. The fraction of sp³-hybridized carbons (Fsp3) is 0.150. The van der Waals surface area contributed by atoms with Crippen molar-refractivity contribution in [2.45, 2.75) is 13.8 Å². The van der Waals surface area contributed by atoms with Gasteiger partial charge in [0.2, 0.25) is 0 Å². The Kier molecular flexibility index (Phi) is 5.43. The Morgan fingerprint density at radius 2 is 1.77 bits per heavy atom. The topological polar surface area (TPSA) is 68.3 Å². The minimum absolute atomic E-state index is 0.0117. The van der Waals surface area contributed by atoms with Crippen LogP contribution in [0.25, 0.3) is 10.6 Å². The molecule has 2 aromatic carbocycles. The highest BCUT2D eigenvalue weighted by atomic mass is 32.1. The fourth-order valence-electron chi connectivity index (χ4n) is 2.35. The van der Waals surface area contributed by atoms with Crippen LogP contribution in [-0.4, -0.2) is 23.3 Å². The molecule has 1 heterocycles. The minimum atomic E-state index is -0.283. The van der Waals surface area contributed by atoms with Gasteiger partial charge in [0.1, 0.15) is 16.5 Å². The van der Waals surface area contributed by atoms with Crippen molar-refractivity contribution in [1.82, 2.24) is 4.98 Å². The number of nitrogens with zero attached hydrogens (tertiary/aromatic N) is 1. The molecule has 132 valence electrons. The normalized spacial score (nSPS) is 10.4. The predicted molar refractivity (Wildman–Crippen MR) is 103 cm³/mol. The van der Waals surface area contributed by atoms with E-state index in [1.54, 1.807) is 29.6 Å². The molecule has 1 amide bonds. The lowest BCUT2D eigenvalue weighted by Crippen LogP contribution is -2.12. The van der Waals surface area contributed by atoms with E-state index >= 15 is 0 Å². The lowest BCUT2D eigenvalue weighted by Gasteiger charge is -2.04. The molecule has 0 aliphatic rings. The maximum Gasteiger partial charge on any atom is 0.275 e. The maximum absolute atomic E-state index is 12.4. The van der Waals surface area contributed by atoms with Gasteiger partial charge in [-0.25, -0.2) is 4.98 Å². The van der Waals surface area contributed by atoms with Crippen molar-refractivity contribution < 1.29 is 14.3 Å². The molecule has 26 heavy (non-hydrogen) atoms. The van der Waals surface area contributed by atoms with Crippen LogP contribution < -0.4 is 10.1 Å². The van der Waals surface area contributed by atoms with Crippen LogP contribution in [0.1, 0.15) is 34.7 Å². The molecule has 0 aliphatic carbocycles. The highest BCUT2D eigenvalue weighted by Crippen LogP contribution is 2.26. The highest BCUT2D eigenvalue weighted by molar-refractivity contribution is 7.13. The molecule has 6 heteroatoms. The molecule has 0 fully saturated rings. The summed E-state index contributed by atoms with van der Waals surface area (Å²) in [6, 6.07) is 14.4. The van der Waals surface area contributed by atoms with E-state index < -0.39 is 0 Å². The van der Waals surface area contributed by atoms with Gasteiger partial charge in [0.25, 0.3) is 5.91 Å². The minimum Gasteiger partial charge on any atom is -0.494 e. The van der Waals surface area contributed by atoms with Crippen LogP contribution in [-0.2, 0) is 0 Å². The zero-order chi connectivity index (χ0) is 18.5. The predicted octanol–water partition coefficient (Wildman–Crippen LogP) is 4.66. The lowest BCUT2D eigenvalue weighted by atomic mass is 10.1. The monoisotopic (exact) mass is 366 g/mol. The van der Waals surface area contributed by atoms with Crippen LogP contribution in [0.5, 0.6) is 5.75 Å². The van der Waals surface area contributed by atoms with Crippen molar-refractivity contribution in [2.75, 3.05) is 11.9 Å². The number of ether oxygens (including phenoxy) is 1. The van der Waals surface area contributed by atoms with Gasteiger partial charge in [-0.15, -0.1) is 11.3 Å². The van der Waals surface area contributed by atoms with Gasteiger partial charge in [0, 0.05) is 22.2 Å². The van der Waals surface area contributed by atoms with E-state index in [-0.39, 0.29) is 11.7 Å². The summed E-state index contributed by atoms with van der Waals surface area (Å²) in [5, 5.41) is 5.28. The molecule has 1 aromatic heterocycles. The van der Waals surface area contributed by atoms with E-state index in [4.69, 9.17) is 4.74 Å². The second kappa shape index (κ2) is 7.93. The summed E-state index contributed by atoms with van der Waals surface area (Å²) in [5.41, 5.74) is 2.52. The smallest absolute Gasteiger partial charge is 0.275 e. The first kappa shape index (κ1) is 17.8. The number of aromatic nitrogens is 1. The molecule has 0 aliphatic heterocycles. The second-order valence-electron chi connectivity index (χ2n) is 5.58. The first-order valence-corrected chi connectivity index (χ1v) is 9.06. The third-order valence-electron chi connectivity index (χ3n) is 3.70. The van der Waals surface area contributed by atoms with Crippen molar-refractivity contribution in [3.8, 4) is 16.3 Å². The lowest BCUT2D eigenvalue weighted by molar-refractivity contribution is 0.101. The van der Waals surface area contributed by atoms with Gasteiger partial charge in [-0.1, -0.05) is 0 Å². The van der Waals surface area contributed by atoms with Crippen molar-refractivity contribution in [3.63, 3.8) is 0 Å². The van der Waals surface area contributed by atoms with Crippen molar-refractivity contribution in [1.29, 1.82) is 0 Å². The summed E-state index contributed by atoms with van der Waals surface area (Å²) < 4.78 is 5.43. The Bertz CT molecular complexity index is 915. The number of anilines is 1. The Hall–Kier alpha value is -2.99. The van der Waals surface area contributed by atoms with E-state index in [0.29, 0.717) is 23.6 Å². The van der Waals surface area contributed by atoms with Gasteiger partial charge in [-0.3, -0.25) is 9.59 Å². The number of Topliss-reactive ketones (excluding diaryl/α,β-unsaturated/α-hetero) is 1. The van der Waals surface area contributed by atoms with Crippen molar-refractivity contribution >= 4 is 28.7 Å². The van der Waals surface area contributed by atoms with Crippen LogP contribution in [0, 0.1) is 0 Å². The van der Waals surface area contributed by atoms with Crippen molar-refractivity contribution in [3.05, 3.63) is 65.2 Å². The first-order chi connectivity index (χ1) is 12.6. The summed E-state index contributed by atoms with van der Waals surface area (Å²) >= 11 is 1.41. The third kappa shape index (κ3) is 4.15. The number of hydrogen-bond donors (Lipinski definition) is 1. The Morgan fingerprint density at radius 1 is 1.08 bits per heavy atom. The standard InChI is InChI=1S/C20H18N2O3S/c1-3-25-17-10-6-15(7-11-17)20-22-18(12-26-20)19(24)21-16-8-4-14(5-9-16)13(2)23/h4-12H,3H2,1-2H3,(H,21,24). The molecule has 0 saturated heterocycles. The number of carbonyl (C=O) groups is 2. The van der Waals surface area contributed by atoms with Gasteiger partial charge in [-0.05, 0) is 62.4 Å². The quantitative estimate of drug-likeness (QED) is 0.644. The van der Waals surface area contributed by atoms with Gasteiger partial charge in [-0.2, -0.15) is 0 Å². The summed E-state index contributed by atoms with van der Waals surface area (Å²) in [4.78, 5) is 28.1. The number of benzene rings is 2. The molecule has 0 atom stereocenters. The molecule has 0 radical (unpaired) electrons. The average molecular weight is 366 g/mol. The Labute approximate surface area is 155 Å². The number of hydrogen-bond acceptors (Lipinski definition) is 5. The number of nitrogens with one attached hydrogen (secondary N) is 1. The second-order valence-corrected chi connectivity index (χ2v) is 6.44. The molecular weight excluding hydrogens is 348 g/mol. The summed E-state index contributed by atoms with van der Waals surface area (Å²) in [6.45, 7) is 4.06. The SMILES string of the molecule is CCOc1ccc(-c2nc(C(=O)Nc3ccc(C(C)=O)cc3)cs2)cc1. The summed E-state index contributed by atoms with van der Waals surface area (Å²) in [6.07, 6.45) is 0. The maximum atomic E-state index is 12.4. The largest absolute Gasteiger partial charge is 0.494 e. The van der Waals surface area contributed by atoms with Crippen LogP contribution in [0.4, 0.5) is 5.69 Å². The number of carbonyl (C=O) groups excluding carboxylic acids is 2. The summed E-state index contributed by atoms with van der Waals surface area (Å²) in [5.74, 6) is 0.510. The average Bonchev–Trinajstić information content (AvgIpc) is 3.13. The van der Waals surface area contributed by atoms with Gasteiger partial charge >= 0.3 is 0 Å². The van der Waals surface area contributed by atoms with Gasteiger partial charge in [0.15, 0.2) is 5.78 Å². The zero-order valence-corrected chi connectivity index (χ0v) is 15.3. The molecule has 0 saturated carbocycles. The van der Waals surface area contributed by atoms with Gasteiger partial charge in [0.05, 0.1) is 6.61 Å². The molecule has 3 aromatic rings. The Balaban J connectivity index is 1.70. The van der Waals surface area contributed by atoms with E-state index in [2.05, 4.69) is 10.3 Å². The Morgan fingerprint density at radius 3 is 2.38 bits per heavy atom. The van der Waals surface area contributed by atoms with Crippen LogP contribution in [0.3, 0.4) is 0 Å². The summed E-state index contributed by atoms with van der Waals surface area (Å²) in [7, 11) is 0. The van der Waals surface area contributed by atoms with Crippen LogP contribution in [0.2, 0.25) is 0 Å². The molecular formula is C20H18N2O3S. The van der Waals surface area contributed by atoms with E-state index in [9.17, 15) is 9.59 Å². The van der Waals surface area contributed by atoms with Crippen molar-refractivity contribution in [2.24, 2.45) is 0 Å². The fourth-order valence-corrected chi connectivity index (χ4v) is 3.16. The molecule has 0 unspecified atom stereocenters. The third-order valence-corrected chi connectivity index (χ3v) is 4.59. The first-order valence-electron chi connectivity index (χ1n) is 8.18. The zero-order valence-electron chi connectivity index (χ0n) is 14.5. The molecule has 5 nitrogen and oxygen atoms in total. The van der Waals surface area contributed by atoms with E-state index in [1.165, 1.54) is 18.3 Å². The molecule has 0 bridgehead atoms. The highest BCUT2D eigenvalue weighted by Gasteiger charge is 2.12. The van der Waals surface area contributed by atoms with E-state index in [1.807, 2.05) is 31.2 Å². The number of ketones is 1. The van der Waals surface area contributed by atoms with E-state index in [0.717, 1.165) is 16.3 Å². The van der Waals surface area contributed by atoms with Crippen LogP contribution in [0.15, 0.2) is 53.9 Å². The number of amides is 1. The van der Waals surface area contributed by atoms with Crippen LogP contribution >= 0.6 is 11.3 Å². The number of thiazole rings is 1. The molecule has 1 N–H and O–H groups in total.